The fourth-order valence-electron chi connectivity index (χ4n) is 2.06. The minimum Gasteiger partial charge on any atom is -0.465 e. The van der Waals surface area contributed by atoms with E-state index in [-0.39, 0.29) is 16.8 Å². The summed E-state index contributed by atoms with van der Waals surface area (Å²) in [5.74, 6) is -1.65. The Hall–Kier alpha value is -3.22. The van der Waals surface area contributed by atoms with Crippen molar-refractivity contribution in [2.45, 2.75) is 6.92 Å². The molecular weight excluding hydrogens is 312 g/mol. The van der Waals surface area contributed by atoms with Crippen LogP contribution in [0.4, 0.5) is 5.69 Å². The molecule has 0 aliphatic rings. The van der Waals surface area contributed by atoms with Gasteiger partial charge in [0.2, 0.25) is 0 Å². The van der Waals surface area contributed by atoms with E-state index in [1.165, 1.54) is 38.6 Å². The summed E-state index contributed by atoms with van der Waals surface area (Å²) >= 11 is 0. The molecular formula is C17H16N2O5. The van der Waals surface area contributed by atoms with Crippen LogP contribution >= 0.6 is 0 Å². The van der Waals surface area contributed by atoms with Crippen LogP contribution in [0.5, 0.6) is 0 Å². The molecule has 1 aromatic carbocycles. The molecule has 0 unspecified atom stereocenters. The Labute approximate surface area is 138 Å². The maximum absolute atomic E-state index is 12.4. The third kappa shape index (κ3) is 3.75. The molecule has 0 saturated carbocycles. The van der Waals surface area contributed by atoms with Gasteiger partial charge in [-0.3, -0.25) is 9.78 Å². The summed E-state index contributed by atoms with van der Waals surface area (Å²) in [6.07, 6.45) is 1.51. The van der Waals surface area contributed by atoms with Gasteiger partial charge in [0.15, 0.2) is 0 Å². The van der Waals surface area contributed by atoms with Gasteiger partial charge in [-0.15, -0.1) is 0 Å². The summed E-state index contributed by atoms with van der Waals surface area (Å²) in [5, 5.41) is 2.61. The Balaban J connectivity index is 2.40. The summed E-state index contributed by atoms with van der Waals surface area (Å²) in [4.78, 5) is 39.9. The van der Waals surface area contributed by atoms with Crippen LogP contribution in [0.1, 0.15) is 36.8 Å². The highest BCUT2D eigenvalue weighted by molar-refractivity contribution is 6.09. The van der Waals surface area contributed by atoms with Crippen LogP contribution < -0.4 is 5.32 Å². The standard InChI is InChI=1S/C17H16N2O5/c1-10-8-11(6-7-18-10)15(20)19-14-9-12(16(21)23-2)4-5-13(14)17(22)24-3/h4-9H,1-3H3,(H,19,20). The lowest BCUT2D eigenvalue weighted by Gasteiger charge is -2.11. The first-order valence-corrected chi connectivity index (χ1v) is 7.01. The second kappa shape index (κ2) is 7.36. The molecule has 24 heavy (non-hydrogen) atoms. The normalized spacial score (nSPS) is 9.96. The number of carbonyl (C=O) groups excluding carboxylic acids is 3. The van der Waals surface area contributed by atoms with Gasteiger partial charge in [0, 0.05) is 17.5 Å². The molecule has 1 heterocycles. The number of carbonyl (C=O) groups is 3. The van der Waals surface area contributed by atoms with Gasteiger partial charge in [0.05, 0.1) is 31.0 Å². The highest BCUT2D eigenvalue weighted by Gasteiger charge is 2.18. The predicted molar refractivity (Wildman–Crippen MR) is 86.0 cm³/mol. The van der Waals surface area contributed by atoms with Crippen molar-refractivity contribution in [2.24, 2.45) is 0 Å². The van der Waals surface area contributed by atoms with Crippen molar-refractivity contribution in [2.75, 3.05) is 19.5 Å². The molecule has 7 heteroatoms. The summed E-state index contributed by atoms with van der Waals surface area (Å²) in [6, 6.07) is 7.33. The van der Waals surface area contributed by atoms with Crippen LogP contribution in [-0.2, 0) is 9.47 Å². The highest BCUT2D eigenvalue weighted by atomic mass is 16.5. The van der Waals surface area contributed by atoms with Gasteiger partial charge >= 0.3 is 11.9 Å². The molecule has 0 saturated heterocycles. The number of rotatable bonds is 4. The third-order valence-corrected chi connectivity index (χ3v) is 3.25. The van der Waals surface area contributed by atoms with Gasteiger partial charge < -0.3 is 14.8 Å². The number of hydrogen-bond donors (Lipinski definition) is 1. The lowest BCUT2D eigenvalue weighted by Crippen LogP contribution is -2.16. The van der Waals surface area contributed by atoms with E-state index in [0.717, 1.165) is 0 Å². The summed E-state index contributed by atoms with van der Waals surface area (Å²) in [7, 11) is 2.48. The SMILES string of the molecule is COC(=O)c1ccc(C(=O)OC)c(NC(=O)c2ccnc(C)c2)c1. The van der Waals surface area contributed by atoms with Gasteiger partial charge in [-0.1, -0.05) is 0 Å². The number of benzene rings is 1. The van der Waals surface area contributed by atoms with Crippen molar-refractivity contribution in [3.05, 3.63) is 58.9 Å². The molecule has 0 bridgehead atoms. The Morgan fingerprint density at radius 1 is 0.958 bits per heavy atom. The first-order chi connectivity index (χ1) is 11.5. The van der Waals surface area contributed by atoms with Crippen molar-refractivity contribution >= 4 is 23.5 Å². The average Bonchev–Trinajstić information content (AvgIpc) is 2.60. The van der Waals surface area contributed by atoms with Crippen molar-refractivity contribution in [1.82, 2.24) is 4.98 Å². The smallest absolute Gasteiger partial charge is 0.339 e. The lowest BCUT2D eigenvalue weighted by molar-refractivity contribution is 0.0587. The summed E-state index contributed by atoms with van der Waals surface area (Å²) < 4.78 is 9.34. The number of aryl methyl sites for hydroxylation is 1. The molecule has 0 fully saturated rings. The summed E-state index contributed by atoms with van der Waals surface area (Å²) in [6.45, 7) is 1.76. The third-order valence-electron chi connectivity index (χ3n) is 3.25. The average molecular weight is 328 g/mol. The van der Waals surface area contributed by atoms with Crippen LogP contribution in [0, 0.1) is 6.92 Å². The predicted octanol–water partition coefficient (Wildman–Crippen LogP) is 2.22. The molecule has 0 radical (unpaired) electrons. The minimum atomic E-state index is -0.632. The number of ether oxygens (including phenoxy) is 2. The molecule has 1 amide bonds. The fourth-order valence-corrected chi connectivity index (χ4v) is 2.06. The van der Waals surface area contributed by atoms with E-state index in [2.05, 4.69) is 15.0 Å². The number of hydrogen-bond acceptors (Lipinski definition) is 6. The van der Waals surface area contributed by atoms with Crippen molar-refractivity contribution in [3.63, 3.8) is 0 Å². The first kappa shape index (κ1) is 17.1. The molecule has 1 N–H and O–H groups in total. The van der Waals surface area contributed by atoms with Gasteiger partial charge in [-0.2, -0.15) is 0 Å². The molecule has 2 aromatic rings. The number of nitrogens with one attached hydrogen (secondary N) is 1. The molecule has 0 atom stereocenters. The van der Waals surface area contributed by atoms with E-state index < -0.39 is 17.8 Å². The maximum Gasteiger partial charge on any atom is 0.339 e. The Bertz CT molecular complexity index is 801. The Morgan fingerprint density at radius 3 is 2.29 bits per heavy atom. The number of nitrogens with zero attached hydrogens (tertiary/aromatic N) is 1. The number of esters is 2. The second-order valence-electron chi connectivity index (χ2n) is 4.88. The molecule has 124 valence electrons. The van der Waals surface area contributed by atoms with E-state index >= 15 is 0 Å². The molecule has 1 aromatic heterocycles. The van der Waals surface area contributed by atoms with Gasteiger partial charge in [-0.25, -0.2) is 9.59 Å². The van der Waals surface area contributed by atoms with Gasteiger partial charge in [0.1, 0.15) is 0 Å². The number of methoxy groups -OCH3 is 2. The molecule has 0 aliphatic carbocycles. The zero-order valence-electron chi connectivity index (χ0n) is 13.5. The first-order valence-electron chi connectivity index (χ1n) is 7.01. The van der Waals surface area contributed by atoms with Crippen molar-refractivity contribution in [3.8, 4) is 0 Å². The number of amides is 1. The maximum atomic E-state index is 12.4. The second-order valence-corrected chi connectivity index (χ2v) is 4.88. The lowest BCUT2D eigenvalue weighted by atomic mass is 10.1. The van der Waals surface area contributed by atoms with Crippen LogP contribution in [-0.4, -0.2) is 37.0 Å². The highest BCUT2D eigenvalue weighted by Crippen LogP contribution is 2.20. The van der Waals surface area contributed by atoms with E-state index in [1.54, 1.807) is 19.1 Å². The van der Waals surface area contributed by atoms with E-state index in [1.807, 2.05) is 0 Å². The quantitative estimate of drug-likeness (QED) is 0.865. The van der Waals surface area contributed by atoms with Crippen molar-refractivity contribution < 1.29 is 23.9 Å². The zero-order valence-corrected chi connectivity index (χ0v) is 13.5. The van der Waals surface area contributed by atoms with Crippen LogP contribution in [0.2, 0.25) is 0 Å². The minimum absolute atomic E-state index is 0.129. The summed E-state index contributed by atoms with van der Waals surface area (Å²) in [5.41, 5.74) is 1.54. The number of aromatic nitrogens is 1. The number of anilines is 1. The van der Waals surface area contributed by atoms with E-state index in [0.29, 0.717) is 11.3 Å². The monoisotopic (exact) mass is 328 g/mol. The fraction of sp³-hybridized carbons (Fsp3) is 0.176. The topological polar surface area (TPSA) is 94.6 Å². The molecule has 0 spiro atoms. The molecule has 0 aliphatic heterocycles. The van der Waals surface area contributed by atoms with E-state index in [4.69, 9.17) is 4.74 Å². The Kier molecular flexibility index (Phi) is 5.26. The van der Waals surface area contributed by atoms with Gasteiger partial charge in [0.25, 0.3) is 5.91 Å². The largest absolute Gasteiger partial charge is 0.465 e. The molecule has 7 nitrogen and oxygen atoms in total. The van der Waals surface area contributed by atoms with Crippen molar-refractivity contribution in [1.29, 1.82) is 0 Å². The Morgan fingerprint density at radius 2 is 1.67 bits per heavy atom. The van der Waals surface area contributed by atoms with Crippen LogP contribution in [0.15, 0.2) is 36.5 Å². The van der Waals surface area contributed by atoms with Crippen LogP contribution in [0.3, 0.4) is 0 Å². The molecule has 2 rings (SSSR count). The van der Waals surface area contributed by atoms with E-state index in [9.17, 15) is 14.4 Å². The number of pyridine rings is 1. The zero-order chi connectivity index (χ0) is 17.7. The van der Waals surface area contributed by atoms with Crippen LogP contribution in [0.25, 0.3) is 0 Å². The van der Waals surface area contributed by atoms with Gasteiger partial charge in [-0.05, 0) is 37.3 Å².